The topological polar surface area (TPSA) is 45.0 Å². The summed E-state index contributed by atoms with van der Waals surface area (Å²) >= 11 is 0. The SMILES string of the molecule is COCCC1(CNCc2c(F)cc(C#N)cc2F)CC1. The summed E-state index contributed by atoms with van der Waals surface area (Å²) < 4.78 is 32.4. The predicted molar refractivity (Wildman–Crippen MR) is 70.9 cm³/mol. The van der Waals surface area contributed by atoms with E-state index in [2.05, 4.69) is 5.32 Å². The minimum absolute atomic E-state index is 0.00232. The fraction of sp³-hybridized carbons (Fsp3) is 0.533. The summed E-state index contributed by atoms with van der Waals surface area (Å²) in [6.45, 7) is 1.58. The number of hydrogen-bond acceptors (Lipinski definition) is 3. The zero-order valence-corrected chi connectivity index (χ0v) is 11.5. The Morgan fingerprint density at radius 2 is 2.00 bits per heavy atom. The van der Waals surface area contributed by atoms with E-state index < -0.39 is 11.6 Å². The van der Waals surface area contributed by atoms with Gasteiger partial charge in [-0.1, -0.05) is 0 Å². The Labute approximate surface area is 117 Å². The first-order valence-electron chi connectivity index (χ1n) is 6.68. The van der Waals surface area contributed by atoms with Crippen molar-refractivity contribution in [3.63, 3.8) is 0 Å². The molecule has 0 atom stereocenters. The number of halogens is 2. The molecule has 20 heavy (non-hydrogen) atoms. The second-order valence-electron chi connectivity index (χ2n) is 5.38. The van der Waals surface area contributed by atoms with Gasteiger partial charge in [0.1, 0.15) is 11.6 Å². The van der Waals surface area contributed by atoms with Crippen LogP contribution in [0.1, 0.15) is 30.4 Å². The van der Waals surface area contributed by atoms with E-state index in [1.54, 1.807) is 13.2 Å². The Kier molecular flexibility index (Phi) is 4.69. The summed E-state index contributed by atoms with van der Waals surface area (Å²) in [7, 11) is 1.67. The lowest BCUT2D eigenvalue weighted by atomic mass is 10.0. The molecule has 2 rings (SSSR count). The molecule has 0 amide bonds. The molecule has 0 unspecified atom stereocenters. The van der Waals surface area contributed by atoms with Gasteiger partial charge in [0.15, 0.2) is 0 Å². The first-order valence-corrected chi connectivity index (χ1v) is 6.68. The fourth-order valence-corrected chi connectivity index (χ4v) is 2.30. The molecule has 1 aliphatic rings. The third-order valence-electron chi connectivity index (χ3n) is 3.87. The predicted octanol–water partition coefficient (Wildman–Crippen LogP) is 2.74. The number of methoxy groups -OCH3 is 1. The van der Waals surface area contributed by atoms with Gasteiger partial charge in [-0.25, -0.2) is 8.78 Å². The zero-order chi connectivity index (χ0) is 14.6. The quantitative estimate of drug-likeness (QED) is 0.835. The molecule has 1 aromatic carbocycles. The first-order chi connectivity index (χ1) is 9.60. The van der Waals surface area contributed by atoms with Crippen LogP contribution in [0.2, 0.25) is 0 Å². The molecule has 0 saturated heterocycles. The lowest BCUT2D eigenvalue weighted by Crippen LogP contribution is -2.25. The molecule has 5 heteroatoms. The van der Waals surface area contributed by atoms with E-state index in [0.29, 0.717) is 6.61 Å². The van der Waals surface area contributed by atoms with Gasteiger partial charge in [0.05, 0.1) is 11.6 Å². The summed E-state index contributed by atoms with van der Waals surface area (Å²) in [5.74, 6) is -1.34. The number of nitrogens with zero attached hydrogens (tertiary/aromatic N) is 1. The van der Waals surface area contributed by atoms with Crippen LogP contribution >= 0.6 is 0 Å². The van der Waals surface area contributed by atoms with Gasteiger partial charge in [-0.05, 0) is 36.8 Å². The number of hydrogen-bond donors (Lipinski definition) is 1. The van der Waals surface area contributed by atoms with E-state index >= 15 is 0 Å². The van der Waals surface area contributed by atoms with Crippen molar-refractivity contribution in [2.24, 2.45) is 5.41 Å². The number of nitrogens with one attached hydrogen (secondary N) is 1. The standard InChI is InChI=1S/C15H18F2N2O/c1-20-5-4-15(2-3-15)10-19-9-12-13(16)6-11(8-18)7-14(12)17/h6-7,19H,2-5,9-10H2,1H3. The first kappa shape index (κ1) is 14.9. The van der Waals surface area contributed by atoms with Gasteiger partial charge in [-0.2, -0.15) is 5.26 Å². The van der Waals surface area contributed by atoms with Crippen LogP contribution in [0.5, 0.6) is 0 Å². The summed E-state index contributed by atoms with van der Waals surface area (Å²) in [6.07, 6.45) is 3.22. The molecule has 0 radical (unpaired) electrons. The molecule has 0 bridgehead atoms. The monoisotopic (exact) mass is 280 g/mol. The lowest BCUT2D eigenvalue weighted by Gasteiger charge is -2.16. The van der Waals surface area contributed by atoms with Crippen molar-refractivity contribution < 1.29 is 13.5 Å². The minimum atomic E-state index is -0.671. The van der Waals surface area contributed by atoms with Gasteiger partial charge in [-0.3, -0.25) is 0 Å². The van der Waals surface area contributed by atoms with Gasteiger partial charge >= 0.3 is 0 Å². The van der Waals surface area contributed by atoms with Crippen LogP contribution in [-0.2, 0) is 11.3 Å². The van der Waals surface area contributed by atoms with Gasteiger partial charge in [0.25, 0.3) is 0 Å². The highest BCUT2D eigenvalue weighted by atomic mass is 19.1. The van der Waals surface area contributed by atoms with Gasteiger partial charge < -0.3 is 10.1 Å². The second-order valence-corrected chi connectivity index (χ2v) is 5.38. The summed E-state index contributed by atoms with van der Waals surface area (Å²) in [6, 6.07) is 3.87. The highest BCUT2D eigenvalue weighted by molar-refractivity contribution is 5.34. The zero-order valence-electron chi connectivity index (χ0n) is 11.5. The fourth-order valence-electron chi connectivity index (χ4n) is 2.30. The molecule has 1 N–H and O–H groups in total. The minimum Gasteiger partial charge on any atom is -0.385 e. The van der Waals surface area contributed by atoms with Crippen LogP contribution in [0.3, 0.4) is 0 Å². The largest absolute Gasteiger partial charge is 0.385 e. The highest BCUT2D eigenvalue weighted by Gasteiger charge is 2.41. The summed E-state index contributed by atoms with van der Waals surface area (Å²) in [5, 5.41) is 11.8. The van der Waals surface area contributed by atoms with E-state index in [4.69, 9.17) is 10.00 Å². The van der Waals surface area contributed by atoms with Crippen LogP contribution in [0, 0.1) is 28.4 Å². The summed E-state index contributed by atoms with van der Waals surface area (Å²) in [4.78, 5) is 0. The lowest BCUT2D eigenvalue weighted by molar-refractivity contribution is 0.171. The summed E-state index contributed by atoms with van der Waals surface area (Å²) in [5.41, 5.74) is 0.226. The molecule has 1 fully saturated rings. The van der Waals surface area contributed by atoms with Gasteiger partial charge in [0.2, 0.25) is 0 Å². The van der Waals surface area contributed by atoms with E-state index in [-0.39, 0.29) is 23.1 Å². The van der Waals surface area contributed by atoms with Gasteiger partial charge in [0, 0.05) is 32.4 Å². The smallest absolute Gasteiger partial charge is 0.131 e. The Balaban J connectivity index is 1.90. The van der Waals surface area contributed by atoms with E-state index in [1.165, 1.54) is 0 Å². The number of nitriles is 1. The molecule has 0 spiro atoms. The van der Waals surface area contributed by atoms with Crippen LogP contribution in [-0.4, -0.2) is 20.3 Å². The maximum Gasteiger partial charge on any atom is 0.131 e. The molecule has 0 aliphatic heterocycles. The Morgan fingerprint density at radius 3 is 2.50 bits per heavy atom. The average molecular weight is 280 g/mol. The Hall–Kier alpha value is -1.51. The number of rotatable bonds is 7. The molecular formula is C15H18F2N2O. The van der Waals surface area contributed by atoms with Crippen molar-refractivity contribution in [2.45, 2.75) is 25.8 Å². The molecular weight excluding hydrogens is 262 g/mol. The molecule has 0 aromatic heterocycles. The number of ether oxygens (including phenoxy) is 1. The second kappa shape index (κ2) is 6.29. The average Bonchev–Trinajstić information content (AvgIpc) is 3.20. The normalized spacial score (nSPS) is 15.9. The van der Waals surface area contributed by atoms with Crippen LogP contribution in [0.4, 0.5) is 8.78 Å². The van der Waals surface area contributed by atoms with Gasteiger partial charge in [-0.15, -0.1) is 0 Å². The van der Waals surface area contributed by atoms with Crippen LogP contribution < -0.4 is 5.32 Å². The number of benzene rings is 1. The Morgan fingerprint density at radius 1 is 1.35 bits per heavy atom. The van der Waals surface area contributed by atoms with Crippen LogP contribution in [0.25, 0.3) is 0 Å². The van der Waals surface area contributed by atoms with E-state index in [1.807, 2.05) is 0 Å². The van der Waals surface area contributed by atoms with Crippen LogP contribution in [0.15, 0.2) is 12.1 Å². The van der Waals surface area contributed by atoms with Crippen molar-refractivity contribution in [3.05, 3.63) is 34.9 Å². The molecule has 1 aliphatic carbocycles. The van der Waals surface area contributed by atoms with Crippen molar-refractivity contribution in [2.75, 3.05) is 20.3 Å². The maximum atomic E-state index is 13.7. The Bertz CT molecular complexity index is 498. The van der Waals surface area contributed by atoms with Crippen molar-refractivity contribution in [1.82, 2.24) is 5.32 Å². The van der Waals surface area contributed by atoms with Crippen molar-refractivity contribution in [1.29, 1.82) is 5.26 Å². The molecule has 0 heterocycles. The van der Waals surface area contributed by atoms with E-state index in [0.717, 1.165) is 37.9 Å². The molecule has 3 nitrogen and oxygen atoms in total. The molecule has 108 valence electrons. The highest BCUT2D eigenvalue weighted by Crippen LogP contribution is 2.48. The van der Waals surface area contributed by atoms with Crippen molar-refractivity contribution in [3.8, 4) is 6.07 Å². The third-order valence-corrected chi connectivity index (χ3v) is 3.87. The third kappa shape index (κ3) is 3.53. The van der Waals surface area contributed by atoms with E-state index in [9.17, 15) is 8.78 Å². The maximum absolute atomic E-state index is 13.7. The van der Waals surface area contributed by atoms with Crippen molar-refractivity contribution >= 4 is 0 Å². The molecule has 1 saturated carbocycles. The molecule has 1 aromatic rings.